The fourth-order valence-electron chi connectivity index (χ4n) is 0.684. The molecule has 0 aromatic heterocycles. The van der Waals surface area contributed by atoms with Crippen LogP contribution in [0.4, 0.5) is 0 Å². The summed E-state index contributed by atoms with van der Waals surface area (Å²) in [7, 11) is 4.14. The first-order chi connectivity index (χ1) is 4.31. The quantitative estimate of drug-likeness (QED) is 0.556. The van der Waals surface area contributed by atoms with E-state index in [1.165, 1.54) is 13.0 Å². The molecule has 0 amide bonds. The molecule has 0 aliphatic carbocycles. The van der Waals surface area contributed by atoms with Crippen LogP contribution in [-0.2, 0) is 0 Å². The SMILES string of the molecule is CCN(C)CCCNC.[HH]. The molecule has 0 aromatic rings. The van der Waals surface area contributed by atoms with Crippen molar-refractivity contribution in [3.05, 3.63) is 0 Å². The maximum absolute atomic E-state index is 3.12. The van der Waals surface area contributed by atoms with Gasteiger partial charge in [0.25, 0.3) is 0 Å². The normalized spacial score (nSPS) is 10.7. The van der Waals surface area contributed by atoms with Gasteiger partial charge in [-0.2, -0.15) is 0 Å². The topological polar surface area (TPSA) is 15.3 Å². The monoisotopic (exact) mass is 132 g/mol. The minimum atomic E-state index is 0. The smallest absolute Gasteiger partial charge is 0 e. The van der Waals surface area contributed by atoms with Gasteiger partial charge in [0.05, 0.1) is 0 Å². The van der Waals surface area contributed by atoms with Crippen LogP contribution in [0.1, 0.15) is 14.8 Å². The maximum atomic E-state index is 3.12. The van der Waals surface area contributed by atoms with Gasteiger partial charge in [-0.1, -0.05) is 6.92 Å². The average Bonchev–Trinajstić information content (AvgIpc) is 1.89. The van der Waals surface area contributed by atoms with Crippen LogP contribution in [0, 0.1) is 0 Å². The molecule has 0 radical (unpaired) electrons. The van der Waals surface area contributed by atoms with Gasteiger partial charge in [-0.15, -0.1) is 0 Å². The third-order valence-electron chi connectivity index (χ3n) is 1.51. The highest BCUT2D eigenvalue weighted by atomic mass is 15.1. The molecule has 0 saturated carbocycles. The predicted octanol–water partition coefficient (Wildman–Crippen LogP) is 0.794. The Kier molecular flexibility index (Phi) is 5.99. The van der Waals surface area contributed by atoms with Crippen LogP contribution < -0.4 is 5.32 Å². The van der Waals surface area contributed by atoms with Crippen LogP contribution in [0.15, 0.2) is 0 Å². The summed E-state index contributed by atoms with van der Waals surface area (Å²) in [5.74, 6) is 0. The molecule has 9 heavy (non-hydrogen) atoms. The molecule has 2 nitrogen and oxygen atoms in total. The lowest BCUT2D eigenvalue weighted by atomic mass is 10.4. The van der Waals surface area contributed by atoms with E-state index in [-0.39, 0.29) is 1.43 Å². The van der Waals surface area contributed by atoms with Gasteiger partial charge >= 0.3 is 0 Å². The van der Waals surface area contributed by atoms with Gasteiger partial charge in [-0.3, -0.25) is 0 Å². The Labute approximate surface area is 59.7 Å². The molecule has 58 valence electrons. The molecule has 0 aliphatic heterocycles. The maximum Gasteiger partial charge on any atom is 0 e. The van der Waals surface area contributed by atoms with E-state index in [1.807, 2.05) is 7.05 Å². The second kappa shape index (κ2) is 6.05. The molecule has 0 aromatic carbocycles. The Bertz CT molecular complexity index is 59.6. The molecule has 0 aliphatic rings. The number of hydrogen-bond acceptors (Lipinski definition) is 2. The fraction of sp³-hybridized carbons (Fsp3) is 1.00. The van der Waals surface area contributed by atoms with Crippen molar-refractivity contribution in [2.24, 2.45) is 0 Å². The van der Waals surface area contributed by atoms with Crippen molar-refractivity contribution < 1.29 is 1.43 Å². The van der Waals surface area contributed by atoms with E-state index in [2.05, 4.69) is 24.2 Å². The third kappa shape index (κ3) is 5.80. The first-order valence-corrected chi connectivity index (χ1v) is 3.64. The second-order valence-electron chi connectivity index (χ2n) is 2.35. The van der Waals surface area contributed by atoms with Crippen molar-refractivity contribution in [1.29, 1.82) is 0 Å². The molecule has 0 rings (SSSR count). The summed E-state index contributed by atoms with van der Waals surface area (Å²) in [6.45, 7) is 5.67. The van der Waals surface area contributed by atoms with Gasteiger partial charge in [0.15, 0.2) is 0 Å². The van der Waals surface area contributed by atoms with E-state index < -0.39 is 0 Å². The van der Waals surface area contributed by atoms with Crippen molar-refractivity contribution in [3.8, 4) is 0 Å². The summed E-state index contributed by atoms with van der Waals surface area (Å²) < 4.78 is 0. The number of hydrogen-bond donors (Lipinski definition) is 1. The molecule has 0 bridgehead atoms. The highest BCUT2D eigenvalue weighted by molar-refractivity contribution is 4.48. The summed E-state index contributed by atoms with van der Waals surface area (Å²) in [5, 5.41) is 3.12. The van der Waals surface area contributed by atoms with E-state index >= 15 is 0 Å². The zero-order valence-electron chi connectivity index (χ0n) is 6.78. The molecular weight excluding hydrogens is 112 g/mol. The number of rotatable bonds is 5. The van der Waals surface area contributed by atoms with Gasteiger partial charge in [0.1, 0.15) is 0 Å². The number of nitrogens with zero attached hydrogens (tertiary/aromatic N) is 1. The largest absolute Gasteiger partial charge is 0.320 e. The standard InChI is InChI=1S/C7H18N2.H2/c1-4-9(3)7-5-6-8-2;/h8H,4-7H2,1-3H3;1H. The highest BCUT2D eigenvalue weighted by Crippen LogP contribution is 1.83. The Morgan fingerprint density at radius 1 is 1.56 bits per heavy atom. The van der Waals surface area contributed by atoms with Gasteiger partial charge in [-0.25, -0.2) is 0 Å². The molecule has 0 saturated heterocycles. The molecule has 0 atom stereocenters. The molecule has 0 heterocycles. The van der Waals surface area contributed by atoms with Crippen LogP contribution >= 0.6 is 0 Å². The van der Waals surface area contributed by atoms with Gasteiger partial charge in [0, 0.05) is 1.43 Å². The van der Waals surface area contributed by atoms with Crippen LogP contribution in [0.5, 0.6) is 0 Å². The molecule has 1 N–H and O–H groups in total. The Morgan fingerprint density at radius 2 is 2.22 bits per heavy atom. The lowest BCUT2D eigenvalue weighted by Crippen LogP contribution is -2.22. The summed E-state index contributed by atoms with van der Waals surface area (Å²) in [4.78, 5) is 2.32. The average molecular weight is 132 g/mol. The Balaban J connectivity index is 0. The molecule has 0 unspecified atom stereocenters. The second-order valence-corrected chi connectivity index (χ2v) is 2.35. The summed E-state index contributed by atoms with van der Waals surface area (Å²) in [5.41, 5.74) is 0. The van der Waals surface area contributed by atoms with E-state index in [9.17, 15) is 0 Å². The first kappa shape index (κ1) is 8.92. The minimum Gasteiger partial charge on any atom is -0.320 e. The van der Waals surface area contributed by atoms with Gasteiger partial charge < -0.3 is 10.2 Å². The predicted molar refractivity (Wildman–Crippen MR) is 43.8 cm³/mol. The lowest BCUT2D eigenvalue weighted by Gasteiger charge is -2.12. The van der Waals surface area contributed by atoms with E-state index in [4.69, 9.17) is 0 Å². The third-order valence-corrected chi connectivity index (χ3v) is 1.51. The summed E-state index contributed by atoms with van der Waals surface area (Å²) in [6.07, 6.45) is 1.25. The zero-order valence-corrected chi connectivity index (χ0v) is 6.78. The van der Waals surface area contributed by atoms with Crippen molar-refractivity contribution in [2.45, 2.75) is 13.3 Å². The van der Waals surface area contributed by atoms with E-state index in [0.717, 1.165) is 13.1 Å². The first-order valence-electron chi connectivity index (χ1n) is 3.64. The Hall–Kier alpha value is -0.0800. The van der Waals surface area contributed by atoms with Crippen molar-refractivity contribution in [3.63, 3.8) is 0 Å². The van der Waals surface area contributed by atoms with Crippen LogP contribution in [0.25, 0.3) is 0 Å². The zero-order chi connectivity index (χ0) is 7.11. The Morgan fingerprint density at radius 3 is 2.67 bits per heavy atom. The van der Waals surface area contributed by atoms with Crippen LogP contribution in [0.2, 0.25) is 0 Å². The van der Waals surface area contributed by atoms with Gasteiger partial charge in [-0.05, 0) is 40.2 Å². The summed E-state index contributed by atoms with van der Waals surface area (Å²) in [6, 6.07) is 0. The fourth-order valence-corrected chi connectivity index (χ4v) is 0.684. The van der Waals surface area contributed by atoms with E-state index in [0.29, 0.717) is 0 Å². The van der Waals surface area contributed by atoms with Crippen molar-refractivity contribution in [2.75, 3.05) is 33.7 Å². The highest BCUT2D eigenvalue weighted by Gasteiger charge is 1.90. The lowest BCUT2D eigenvalue weighted by molar-refractivity contribution is 0.346. The van der Waals surface area contributed by atoms with Crippen LogP contribution in [0.3, 0.4) is 0 Å². The minimum absolute atomic E-state index is 0. The molecule has 2 heteroatoms. The summed E-state index contributed by atoms with van der Waals surface area (Å²) >= 11 is 0. The molecule has 0 fully saturated rings. The van der Waals surface area contributed by atoms with Crippen molar-refractivity contribution in [1.82, 2.24) is 10.2 Å². The van der Waals surface area contributed by atoms with Crippen LogP contribution in [-0.4, -0.2) is 38.6 Å². The molecule has 0 spiro atoms. The van der Waals surface area contributed by atoms with Crippen molar-refractivity contribution >= 4 is 0 Å². The number of nitrogens with one attached hydrogen (secondary N) is 1. The van der Waals surface area contributed by atoms with E-state index in [1.54, 1.807) is 0 Å². The molecular formula is C7H20N2. The van der Waals surface area contributed by atoms with Gasteiger partial charge in [0.2, 0.25) is 0 Å².